The lowest BCUT2D eigenvalue weighted by Crippen LogP contribution is -2.16. The van der Waals surface area contributed by atoms with E-state index in [4.69, 9.17) is 0 Å². The van der Waals surface area contributed by atoms with Crippen molar-refractivity contribution in [3.63, 3.8) is 0 Å². The van der Waals surface area contributed by atoms with Crippen LogP contribution in [0, 0.1) is 11.7 Å². The van der Waals surface area contributed by atoms with Crippen LogP contribution in [0.4, 0.5) is 4.39 Å². The number of rotatable bonds is 1. The Morgan fingerprint density at radius 2 is 2.29 bits per heavy atom. The monoisotopic (exact) mass is 230 g/mol. The summed E-state index contributed by atoms with van der Waals surface area (Å²) in [4.78, 5) is 4.61. The molecule has 88 valence electrons. The predicted octanol–water partition coefficient (Wildman–Crippen LogP) is 3.27. The first kappa shape index (κ1) is 10.5. The van der Waals surface area contributed by atoms with Gasteiger partial charge in [-0.05, 0) is 24.5 Å². The van der Waals surface area contributed by atoms with Gasteiger partial charge in [-0.2, -0.15) is 0 Å². The summed E-state index contributed by atoms with van der Waals surface area (Å²) in [6, 6.07) is 6.63. The lowest BCUT2D eigenvalue weighted by atomic mass is 10.0. The van der Waals surface area contributed by atoms with Gasteiger partial charge in [0.15, 0.2) is 0 Å². The number of hydrogen-bond acceptors (Lipinski definition) is 1. The molecule has 0 saturated carbocycles. The number of aromatic nitrogens is 2. The smallest absolute Gasteiger partial charge is 0.123 e. The number of benzene rings is 1. The van der Waals surface area contributed by atoms with Crippen LogP contribution in [-0.4, -0.2) is 9.55 Å². The molecule has 17 heavy (non-hydrogen) atoms. The Morgan fingerprint density at radius 1 is 1.41 bits per heavy atom. The van der Waals surface area contributed by atoms with Crippen LogP contribution >= 0.6 is 0 Å². The Kier molecular flexibility index (Phi) is 2.46. The van der Waals surface area contributed by atoms with Crippen LogP contribution in [0.3, 0.4) is 0 Å². The highest BCUT2D eigenvalue weighted by atomic mass is 19.1. The summed E-state index contributed by atoms with van der Waals surface area (Å²) in [5.74, 6) is 1.62. The molecule has 2 nitrogen and oxygen atoms in total. The average Bonchev–Trinajstić information content (AvgIpc) is 2.72. The molecule has 2 heterocycles. The van der Waals surface area contributed by atoms with Gasteiger partial charge in [0.2, 0.25) is 0 Å². The topological polar surface area (TPSA) is 17.8 Å². The van der Waals surface area contributed by atoms with E-state index in [9.17, 15) is 4.39 Å². The Hall–Kier alpha value is -1.64. The lowest BCUT2D eigenvalue weighted by Gasteiger charge is -2.18. The van der Waals surface area contributed by atoms with Gasteiger partial charge in [0.1, 0.15) is 11.6 Å². The summed E-state index contributed by atoms with van der Waals surface area (Å²) in [6.07, 6.45) is 4.26. The zero-order valence-corrected chi connectivity index (χ0v) is 9.86. The van der Waals surface area contributed by atoms with Crippen molar-refractivity contribution in [2.24, 2.45) is 5.92 Å². The molecular weight excluding hydrogens is 215 g/mol. The fourth-order valence-corrected chi connectivity index (χ4v) is 2.37. The third-order valence-corrected chi connectivity index (χ3v) is 3.37. The van der Waals surface area contributed by atoms with Crippen LogP contribution < -0.4 is 0 Å². The van der Waals surface area contributed by atoms with Crippen LogP contribution in [0.15, 0.2) is 30.5 Å². The first-order valence-corrected chi connectivity index (χ1v) is 6.04. The maximum absolute atomic E-state index is 13.2. The Bertz CT molecular complexity index is 545. The van der Waals surface area contributed by atoms with E-state index in [0.29, 0.717) is 5.92 Å². The molecule has 0 amide bonds. The molecule has 3 heteroatoms. The van der Waals surface area contributed by atoms with E-state index >= 15 is 0 Å². The quantitative estimate of drug-likeness (QED) is 0.735. The van der Waals surface area contributed by atoms with Crippen molar-refractivity contribution in [1.29, 1.82) is 0 Å². The summed E-state index contributed by atoms with van der Waals surface area (Å²) in [5.41, 5.74) is 1.74. The molecule has 0 unspecified atom stereocenters. The molecule has 0 N–H and O–H groups in total. The Morgan fingerprint density at radius 3 is 3.12 bits per heavy atom. The van der Waals surface area contributed by atoms with Crippen molar-refractivity contribution < 1.29 is 4.39 Å². The third-order valence-electron chi connectivity index (χ3n) is 3.37. The summed E-state index contributed by atoms with van der Waals surface area (Å²) in [7, 11) is 0. The maximum Gasteiger partial charge on any atom is 0.123 e. The van der Waals surface area contributed by atoms with Gasteiger partial charge in [0, 0.05) is 24.7 Å². The Labute approximate surface area is 100 Å². The largest absolute Gasteiger partial charge is 0.334 e. The van der Waals surface area contributed by atoms with Gasteiger partial charge < -0.3 is 4.57 Å². The van der Waals surface area contributed by atoms with E-state index in [1.807, 2.05) is 12.3 Å². The number of halogens is 1. The van der Waals surface area contributed by atoms with Gasteiger partial charge >= 0.3 is 0 Å². The fourth-order valence-electron chi connectivity index (χ4n) is 2.37. The first-order chi connectivity index (χ1) is 8.22. The van der Waals surface area contributed by atoms with E-state index in [0.717, 1.165) is 30.0 Å². The average molecular weight is 230 g/mol. The molecule has 3 rings (SSSR count). The second kappa shape index (κ2) is 3.99. The maximum atomic E-state index is 13.2. The second-order valence-corrected chi connectivity index (χ2v) is 4.84. The molecule has 0 fully saturated rings. The van der Waals surface area contributed by atoms with E-state index in [-0.39, 0.29) is 5.82 Å². The number of fused-ring (bicyclic) bond motifs is 1. The molecule has 1 aromatic heterocycles. The lowest BCUT2D eigenvalue weighted by molar-refractivity contribution is 0.409. The summed E-state index contributed by atoms with van der Waals surface area (Å²) in [5, 5.41) is 0. The standard InChI is InChI=1S/C14H15FN2/c1-10-5-6-17-9-13(16-14(17)7-10)11-3-2-4-12(15)8-11/h2-4,8-10H,5-7H2,1H3/t10-/m0/s1. The zero-order chi connectivity index (χ0) is 11.8. The zero-order valence-electron chi connectivity index (χ0n) is 9.86. The molecule has 0 radical (unpaired) electrons. The number of imidazole rings is 1. The van der Waals surface area contributed by atoms with Gasteiger partial charge in [0.25, 0.3) is 0 Å². The number of nitrogens with zero attached hydrogens (tertiary/aromatic N) is 2. The van der Waals surface area contributed by atoms with Crippen molar-refractivity contribution in [3.05, 3.63) is 42.1 Å². The molecule has 0 aliphatic carbocycles. The van der Waals surface area contributed by atoms with E-state index in [2.05, 4.69) is 16.5 Å². The molecule has 0 spiro atoms. The van der Waals surface area contributed by atoms with Crippen molar-refractivity contribution >= 4 is 0 Å². The van der Waals surface area contributed by atoms with Gasteiger partial charge in [-0.15, -0.1) is 0 Å². The van der Waals surface area contributed by atoms with Crippen LogP contribution in [0.2, 0.25) is 0 Å². The molecule has 1 aromatic carbocycles. The van der Waals surface area contributed by atoms with Crippen LogP contribution in [0.5, 0.6) is 0 Å². The molecule has 1 aliphatic rings. The minimum absolute atomic E-state index is 0.207. The van der Waals surface area contributed by atoms with Gasteiger partial charge in [-0.3, -0.25) is 0 Å². The van der Waals surface area contributed by atoms with Gasteiger partial charge in [0.05, 0.1) is 5.69 Å². The van der Waals surface area contributed by atoms with Crippen molar-refractivity contribution in [1.82, 2.24) is 9.55 Å². The summed E-state index contributed by atoms with van der Waals surface area (Å²) in [6.45, 7) is 3.28. The van der Waals surface area contributed by atoms with Crippen molar-refractivity contribution in [2.75, 3.05) is 0 Å². The second-order valence-electron chi connectivity index (χ2n) is 4.84. The SMILES string of the molecule is C[C@H]1CCn2cc(-c3cccc(F)c3)nc2C1. The molecule has 0 bridgehead atoms. The third kappa shape index (κ3) is 1.97. The minimum Gasteiger partial charge on any atom is -0.334 e. The van der Waals surface area contributed by atoms with E-state index in [1.165, 1.54) is 18.6 Å². The van der Waals surface area contributed by atoms with Gasteiger partial charge in [-0.1, -0.05) is 19.1 Å². The minimum atomic E-state index is -0.207. The molecule has 1 atom stereocenters. The number of aryl methyl sites for hydroxylation is 1. The molecular formula is C14H15FN2. The van der Waals surface area contributed by atoms with Crippen molar-refractivity contribution in [2.45, 2.75) is 26.3 Å². The normalized spacial score (nSPS) is 19.1. The highest BCUT2D eigenvalue weighted by Crippen LogP contribution is 2.25. The summed E-state index contributed by atoms with van der Waals surface area (Å²) >= 11 is 0. The van der Waals surface area contributed by atoms with Crippen LogP contribution in [0.1, 0.15) is 19.2 Å². The first-order valence-electron chi connectivity index (χ1n) is 6.04. The van der Waals surface area contributed by atoms with Crippen LogP contribution in [0.25, 0.3) is 11.3 Å². The fraction of sp³-hybridized carbons (Fsp3) is 0.357. The highest BCUT2D eigenvalue weighted by Gasteiger charge is 2.17. The molecule has 1 aliphatic heterocycles. The van der Waals surface area contributed by atoms with Crippen LogP contribution in [-0.2, 0) is 13.0 Å². The van der Waals surface area contributed by atoms with E-state index < -0.39 is 0 Å². The van der Waals surface area contributed by atoms with E-state index in [1.54, 1.807) is 6.07 Å². The number of hydrogen-bond donors (Lipinski definition) is 0. The highest BCUT2D eigenvalue weighted by molar-refractivity contribution is 5.58. The van der Waals surface area contributed by atoms with Gasteiger partial charge in [-0.25, -0.2) is 9.37 Å². The van der Waals surface area contributed by atoms with Crippen molar-refractivity contribution in [3.8, 4) is 11.3 Å². The summed E-state index contributed by atoms with van der Waals surface area (Å²) < 4.78 is 15.4. The Balaban J connectivity index is 2.00. The predicted molar refractivity (Wildman–Crippen MR) is 65.1 cm³/mol. The molecule has 0 saturated heterocycles. The molecule has 2 aromatic rings.